The number of benzene rings is 1. The summed E-state index contributed by atoms with van der Waals surface area (Å²) in [5.74, 6) is 0.434. The van der Waals surface area contributed by atoms with Crippen LogP contribution in [-0.2, 0) is 0 Å². The lowest BCUT2D eigenvalue weighted by Gasteiger charge is -2.05. The van der Waals surface area contributed by atoms with E-state index in [2.05, 4.69) is 20.3 Å². The van der Waals surface area contributed by atoms with Crippen LogP contribution in [0.4, 0.5) is 5.69 Å². The van der Waals surface area contributed by atoms with Crippen LogP contribution < -0.4 is 5.32 Å². The van der Waals surface area contributed by atoms with Crippen molar-refractivity contribution in [2.75, 3.05) is 5.32 Å². The summed E-state index contributed by atoms with van der Waals surface area (Å²) in [5.41, 5.74) is 1.83. The van der Waals surface area contributed by atoms with Crippen molar-refractivity contribution >= 4 is 34.5 Å². The molecule has 4 rings (SSSR count). The number of pyridine rings is 1. The predicted octanol–water partition coefficient (Wildman–Crippen LogP) is 4.30. The van der Waals surface area contributed by atoms with Gasteiger partial charge in [0.25, 0.3) is 5.91 Å². The van der Waals surface area contributed by atoms with Crippen LogP contribution in [0.3, 0.4) is 0 Å². The largest absolute Gasteiger partial charge is 0.319 e. The molecule has 1 aromatic carbocycles. The lowest BCUT2D eigenvalue weighted by Crippen LogP contribution is -2.12. The fourth-order valence-electron chi connectivity index (χ4n) is 2.33. The number of imidazole rings is 1. The molecule has 0 aliphatic rings. The summed E-state index contributed by atoms with van der Waals surface area (Å²) in [6.07, 6.45) is 6.73. The van der Waals surface area contributed by atoms with E-state index in [1.165, 1.54) is 11.3 Å². The minimum Gasteiger partial charge on any atom is -0.319 e. The number of aromatic nitrogens is 4. The maximum Gasteiger partial charge on any atom is 0.275 e. The van der Waals surface area contributed by atoms with Gasteiger partial charge in [-0.2, -0.15) is 0 Å². The van der Waals surface area contributed by atoms with Gasteiger partial charge in [0, 0.05) is 28.4 Å². The standard InChI is InChI=1S/C18H12ClN5OS/c19-13-3-1-2-12(8-13)18-23-15(10-26-18)17(25)22-14-4-5-16(21-9-14)24-7-6-20-11-24/h1-11H,(H,22,25). The van der Waals surface area contributed by atoms with Crippen molar-refractivity contribution in [3.05, 3.63) is 77.4 Å². The molecule has 3 aromatic heterocycles. The van der Waals surface area contributed by atoms with Gasteiger partial charge in [-0.1, -0.05) is 23.7 Å². The average molecular weight is 382 g/mol. The van der Waals surface area contributed by atoms with Gasteiger partial charge in [-0.3, -0.25) is 9.36 Å². The number of hydrogen-bond donors (Lipinski definition) is 1. The highest BCUT2D eigenvalue weighted by atomic mass is 35.5. The van der Waals surface area contributed by atoms with Crippen LogP contribution in [0.15, 0.2) is 66.7 Å². The Hall–Kier alpha value is -3.03. The Morgan fingerprint density at radius 1 is 1.23 bits per heavy atom. The van der Waals surface area contributed by atoms with Crippen LogP contribution in [0, 0.1) is 0 Å². The van der Waals surface area contributed by atoms with Crippen LogP contribution in [0.1, 0.15) is 10.5 Å². The molecule has 0 radical (unpaired) electrons. The highest BCUT2D eigenvalue weighted by Gasteiger charge is 2.12. The fourth-order valence-corrected chi connectivity index (χ4v) is 3.32. The van der Waals surface area contributed by atoms with Gasteiger partial charge in [-0.25, -0.2) is 15.0 Å². The van der Waals surface area contributed by atoms with Crippen molar-refractivity contribution in [3.8, 4) is 16.4 Å². The number of nitrogens with zero attached hydrogens (tertiary/aromatic N) is 4. The van der Waals surface area contributed by atoms with E-state index in [-0.39, 0.29) is 5.91 Å². The van der Waals surface area contributed by atoms with Crippen LogP contribution in [0.5, 0.6) is 0 Å². The van der Waals surface area contributed by atoms with Gasteiger partial charge in [0.05, 0.1) is 11.9 Å². The third kappa shape index (κ3) is 3.49. The molecule has 8 heteroatoms. The Bertz CT molecular complexity index is 1040. The van der Waals surface area contributed by atoms with Crippen molar-refractivity contribution in [2.24, 2.45) is 0 Å². The fraction of sp³-hybridized carbons (Fsp3) is 0. The third-order valence-electron chi connectivity index (χ3n) is 3.58. The zero-order valence-corrected chi connectivity index (χ0v) is 14.9. The van der Waals surface area contributed by atoms with Gasteiger partial charge in [0.1, 0.15) is 22.8 Å². The molecule has 0 aliphatic carbocycles. The Morgan fingerprint density at radius 3 is 2.88 bits per heavy atom. The highest BCUT2D eigenvalue weighted by molar-refractivity contribution is 7.13. The minimum absolute atomic E-state index is 0.285. The number of carbonyl (C=O) groups excluding carboxylic acids is 1. The van der Waals surface area contributed by atoms with E-state index in [1.54, 1.807) is 53.1 Å². The SMILES string of the molecule is O=C(Nc1ccc(-n2ccnc2)nc1)c1csc(-c2cccc(Cl)c2)n1. The van der Waals surface area contributed by atoms with Gasteiger partial charge >= 0.3 is 0 Å². The van der Waals surface area contributed by atoms with Gasteiger partial charge in [-0.15, -0.1) is 11.3 Å². The first-order valence-electron chi connectivity index (χ1n) is 7.66. The zero-order valence-electron chi connectivity index (χ0n) is 13.3. The number of halogens is 1. The molecule has 6 nitrogen and oxygen atoms in total. The third-order valence-corrected chi connectivity index (χ3v) is 4.71. The first-order valence-corrected chi connectivity index (χ1v) is 8.92. The van der Waals surface area contributed by atoms with E-state index in [9.17, 15) is 4.79 Å². The Balaban J connectivity index is 1.48. The number of carbonyl (C=O) groups is 1. The van der Waals surface area contributed by atoms with E-state index in [4.69, 9.17) is 11.6 Å². The molecule has 4 aromatic rings. The predicted molar refractivity (Wildman–Crippen MR) is 102 cm³/mol. The molecule has 1 N–H and O–H groups in total. The van der Waals surface area contributed by atoms with Crippen molar-refractivity contribution in [1.29, 1.82) is 0 Å². The van der Waals surface area contributed by atoms with Crippen LogP contribution >= 0.6 is 22.9 Å². The van der Waals surface area contributed by atoms with E-state index in [0.29, 0.717) is 16.4 Å². The second kappa shape index (κ2) is 7.07. The lowest BCUT2D eigenvalue weighted by molar-refractivity contribution is 0.102. The van der Waals surface area contributed by atoms with Crippen molar-refractivity contribution in [2.45, 2.75) is 0 Å². The summed E-state index contributed by atoms with van der Waals surface area (Å²) in [7, 11) is 0. The van der Waals surface area contributed by atoms with E-state index < -0.39 is 0 Å². The summed E-state index contributed by atoms with van der Waals surface area (Å²) in [6.45, 7) is 0. The molecule has 0 saturated carbocycles. The molecule has 128 valence electrons. The number of rotatable bonds is 4. The molecule has 3 heterocycles. The molecule has 0 atom stereocenters. The maximum atomic E-state index is 12.4. The number of amides is 1. The smallest absolute Gasteiger partial charge is 0.275 e. The first-order chi connectivity index (χ1) is 12.7. The molecule has 0 aliphatic heterocycles. The Kier molecular flexibility index (Phi) is 4.47. The van der Waals surface area contributed by atoms with Gasteiger partial charge in [0.2, 0.25) is 0 Å². The van der Waals surface area contributed by atoms with Crippen molar-refractivity contribution in [1.82, 2.24) is 19.5 Å². The monoisotopic (exact) mass is 381 g/mol. The van der Waals surface area contributed by atoms with Crippen LogP contribution in [-0.4, -0.2) is 25.4 Å². The van der Waals surface area contributed by atoms with Crippen LogP contribution in [0.2, 0.25) is 5.02 Å². The molecule has 0 spiro atoms. The molecule has 0 fully saturated rings. The first kappa shape index (κ1) is 16.4. The summed E-state index contributed by atoms with van der Waals surface area (Å²) in [5, 5.41) is 5.89. The molecule has 1 amide bonds. The minimum atomic E-state index is -0.285. The zero-order chi connectivity index (χ0) is 17.9. The molecule has 0 bridgehead atoms. The van der Waals surface area contributed by atoms with Gasteiger partial charge in [0.15, 0.2) is 0 Å². The van der Waals surface area contributed by atoms with E-state index >= 15 is 0 Å². The highest BCUT2D eigenvalue weighted by Crippen LogP contribution is 2.26. The Labute approximate surface area is 158 Å². The maximum absolute atomic E-state index is 12.4. The second-order valence-corrected chi connectivity index (χ2v) is 6.67. The summed E-state index contributed by atoms with van der Waals surface area (Å²) >= 11 is 7.40. The molecular formula is C18H12ClN5OS. The van der Waals surface area contributed by atoms with Crippen molar-refractivity contribution in [3.63, 3.8) is 0 Å². The number of nitrogens with one attached hydrogen (secondary N) is 1. The molecule has 0 saturated heterocycles. The average Bonchev–Trinajstić information content (AvgIpc) is 3.35. The normalized spacial score (nSPS) is 10.7. The number of anilines is 1. The molecule has 26 heavy (non-hydrogen) atoms. The Morgan fingerprint density at radius 2 is 2.15 bits per heavy atom. The summed E-state index contributed by atoms with van der Waals surface area (Å²) in [4.78, 5) is 25.1. The summed E-state index contributed by atoms with van der Waals surface area (Å²) < 4.78 is 1.78. The van der Waals surface area contributed by atoms with Gasteiger partial charge < -0.3 is 5.32 Å². The molecule has 0 unspecified atom stereocenters. The number of hydrogen-bond acceptors (Lipinski definition) is 5. The lowest BCUT2D eigenvalue weighted by atomic mass is 10.2. The van der Waals surface area contributed by atoms with Crippen molar-refractivity contribution < 1.29 is 4.79 Å². The molecular weight excluding hydrogens is 370 g/mol. The quantitative estimate of drug-likeness (QED) is 0.572. The van der Waals surface area contributed by atoms with E-state index in [0.717, 1.165) is 16.4 Å². The van der Waals surface area contributed by atoms with E-state index in [1.807, 2.05) is 18.2 Å². The topological polar surface area (TPSA) is 72.7 Å². The number of thiazole rings is 1. The van der Waals surface area contributed by atoms with Crippen LogP contribution in [0.25, 0.3) is 16.4 Å². The van der Waals surface area contributed by atoms with Gasteiger partial charge in [-0.05, 0) is 24.3 Å². The summed E-state index contributed by atoms with van der Waals surface area (Å²) in [6, 6.07) is 11.0. The second-order valence-electron chi connectivity index (χ2n) is 5.38.